The molecule has 72 valence electrons. The van der Waals surface area contributed by atoms with Crippen molar-refractivity contribution in [1.82, 2.24) is 10.6 Å². The molecule has 0 aromatic heterocycles. The number of rotatable bonds is 3. The number of hydrogen-bond acceptors (Lipinski definition) is 3. The van der Waals surface area contributed by atoms with Crippen molar-refractivity contribution in [2.24, 2.45) is 5.92 Å². The Kier molecular flexibility index (Phi) is 3.98. The van der Waals surface area contributed by atoms with Crippen LogP contribution < -0.4 is 10.6 Å². The minimum atomic E-state index is 0.300. The third-order valence-electron chi connectivity index (χ3n) is 2.64. The molecule has 3 nitrogen and oxygen atoms in total. The second kappa shape index (κ2) is 4.80. The van der Waals surface area contributed by atoms with E-state index in [4.69, 9.17) is 5.11 Å². The van der Waals surface area contributed by atoms with E-state index in [-0.39, 0.29) is 0 Å². The average Bonchev–Trinajstić information content (AvgIpc) is 2.06. The van der Waals surface area contributed by atoms with E-state index in [1.807, 2.05) is 0 Å². The van der Waals surface area contributed by atoms with Gasteiger partial charge in [0.05, 0.1) is 0 Å². The van der Waals surface area contributed by atoms with E-state index in [1.165, 1.54) is 0 Å². The zero-order chi connectivity index (χ0) is 8.97. The van der Waals surface area contributed by atoms with Gasteiger partial charge in [-0.25, -0.2) is 0 Å². The highest BCUT2D eigenvalue weighted by Crippen LogP contribution is 2.09. The van der Waals surface area contributed by atoms with E-state index in [0.29, 0.717) is 24.6 Å². The largest absolute Gasteiger partial charge is 0.396 e. The number of hydrogen-bond donors (Lipinski definition) is 3. The van der Waals surface area contributed by atoms with E-state index in [1.54, 1.807) is 0 Å². The lowest BCUT2D eigenvalue weighted by molar-refractivity contribution is 0.220. The Morgan fingerprint density at radius 3 is 2.67 bits per heavy atom. The summed E-state index contributed by atoms with van der Waals surface area (Å²) in [6.07, 6.45) is 0.897. The molecule has 0 aromatic carbocycles. The maximum Gasteiger partial charge on any atom is 0.0434 e. The van der Waals surface area contributed by atoms with Gasteiger partial charge in [-0.15, -0.1) is 0 Å². The quantitative estimate of drug-likeness (QED) is 0.559. The maximum atomic E-state index is 8.77. The summed E-state index contributed by atoms with van der Waals surface area (Å²) >= 11 is 0. The van der Waals surface area contributed by atoms with Crippen molar-refractivity contribution in [1.29, 1.82) is 0 Å². The van der Waals surface area contributed by atoms with Crippen LogP contribution >= 0.6 is 0 Å². The zero-order valence-corrected chi connectivity index (χ0v) is 8.01. The Balaban J connectivity index is 2.24. The van der Waals surface area contributed by atoms with Crippen LogP contribution in [-0.4, -0.2) is 36.9 Å². The van der Waals surface area contributed by atoms with Crippen LogP contribution in [-0.2, 0) is 0 Å². The summed E-state index contributed by atoms with van der Waals surface area (Å²) in [5.74, 6) is 0.565. The molecule has 0 amide bonds. The lowest BCUT2D eigenvalue weighted by Gasteiger charge is -2.32. The van der Waals surface area contributed by atoms with Crippen LogP contribution in [0.2, 0.25) is 0 Å². The number of piperazine rings is 1. The predicted octanol–water partition coefficient (Wildman–Crippen LogP) is -0.0452. The Bertz CT molecular complexity index is 122. The van der Waals surface area contributed by atoms with E-state index < -0.39 is 0 Å². The molecular weight excluding hydrogens is 152 g/mol. The van der Waals surface area contributed by atoms with Crippen LogP contribution in [0.5, 0.6) is 0 Å². The molecule has 1 aliphatic heterocycles. The van der Waals surface area contributed by atoms with Crippen LogP contribution in [0.4, 0.5) is 0 Å². The second-order valence-corrected chi connectivity index (χ2v) is 3.81. The SMILES string of the molecule is CC1CNC(C(C)CCO)CN1. The first-order valence-corrected chi connectivity index (χ1v) is 4.81. The average molecular weight is 172 g/mol. The molecule has 3 N–H and O–H groups in total. The van der Waals surface area contributed by atoms with Gasteiger partial charge in [0.15, 0.2) is 0 Å². The van der Waals surface area contributed by atoms with Gasteiger partial charge < -0.3 is 15.7 Å². The lowest BCUT2D eigenvalue weighted by atomic mass is 9.96. The molecule has 1 heterocycles. The van der Waals surface area contributed by atoms with Gasteiger partial charge in [0.1, 0.15) is 0 Å². The summed E-state index contributed by atoms with van der Waals surface area (Å²) in [5.41, 5.74) is 0. The highest BCUT2D eigenvalue weighted by molar-refractivity contribution is 4.83. The molecule has 3 atom stereocenters. The monoisotopic (exact) mass is 172 g/mol. The topological polar surface area (TPSA) is 44.3 Å². The molecule has 0 saturated carbocycles. The normalized spacial score (nSPS) is 33.2. The van der Waals surface area contributed by atoms with Gasteiger partial charge in [-0.05, 0) is 19.3 Å². The molecule has 1 aliphatic rings. The molecule has 3 heteroatoms. The van der Waals surface area contributed by atoms with E-state index >= 15 is 0 Å². The molecule has 1 saturated heterocycles. The smallest absolute Gasteiger partial charge is 0.0434 e. The third kappa shape index (κ3) is 2.73. The minimum absolute atomic E-state index is 0.300. The van der Waals surface area contributed by atoms with Crippen molar-refractivity contribution in [3.05, 3.63) is 0 Å². The van der Waals surface area contributed by atoms with Crippen molar-refractivity contribution >= 4 is 0 Å². The maximum absolute atomic E-state index is 8.77. The van der Waals surface area contributed by atoms with Gasteiger partial charge in [-0.1, -0.05) is 6.92 Å². The van der Waals surface area contributed by atoms with Gasteiger partial charge in [0.2, 0.25) is 0 Å². The molecule has 1 rings (SSSR count). The summed E-state index contributed by atoms with van der Waals surface area (Å²) < 4.78 is 0. The fourth-order valence-electron chi connectivity index (χ4n) is 1.61. The second-order valence-electron chi connectivity index (χ2n) is 3.81. The van der Waals surface area contributed by atoms with Gasteiger partial charge in [0.25, 0.3) is 0 Å². The predicted molar refractivity (Wildman–Crippen MR) is 50.1 cm³/mol. The summed E-state index contributed by atoms with van der Waals surface area (Å²) in [4.78, 5) is 0. The molecule has 3 unspecified atom stereocenters. The highest BCUT2D eigenvalue weighted by Gasteiger charge is 2.21. The Morgan fingerprint density at radius 1 is 1.42 bits per heavy atom. The zero-order valence-electron chi connectivity index (χ0n) is 8.01. The summed E-state index contributed by atoms with van der Waals surface area (Å²) in [6, 6.07) is 1.12. The van der Waals surface area contributed by atoms with E-state index in [2.05, 4.69) is 24.5 Å². The first-order chi connectivity index (χ1) is 5.74. The summed E-state index contributed by atoms with van der Waals surface area (Å²) in [6.45, 7) is 6.74. The van der Waals surface area contributed by atoms with E-state index in [0.717, 1.165) is 19.5 Å². The van der Waals surface area contributed by atoms with Crippen LogP contribution in [0, 0.1) is 5.92 Å². The van der Waals surface area contributed by atoms with Crippen molar-refractivity contribution < 1.29 is 5.11 Å². The van der Waals surface area contributed by atoms with Crippen LogP contribution in [0.25, 0.3) is 0 Å². The van der Waals surface area contributed by atoms with Crippen LogP contribution in [0.3, 0.4) is 0 Å². The number of nitrogens with one attached hydrogen (secondary N) is 2. The van der Waals surface area contributed by atoms with Crippen LogP contribution in [0.15, 0.2) is 0 Å². The molecule has 0 aliphatic carbocycles. The van der Waals surface area contributed by atoms with Gasteiger partial charge in [0, 0.05) is 31.8 Å². The third-order valence-corrected chi connectivity index (χ3v) is 2.64. The molecule has 0 radical (unpaired) electrons. The fourth-order valence-corrected chi connectivity index (χ4v) is 1.61. The Morgan fingerprint density at radius 2 is 2.17 bits per heavy atom. The van der Waals surface area contributed by atoms with Crippen molar-refractivity contribution in [2.75, 3.05) is 19.7 Å². The van der Waals surface area contributed by atoms with Gasteiger partial charge in [-0.3, -0.25) is 0 Å². The molecule has 0 spiro atoms. The van der Waals surface area contributed by atoms with Crippen molar-refractivity contribution in [3.8, 4) is 0 Å². The van der Waals surface area contributed by atoms with Crippen LogP contribution in [0.1, 0.15) is 20.3 Å². The number of aliphatic hydroxyl groups is 1. The molecular formula is C9H20N2O. The number of aliphatic hydroxyl groups excluding tert-OH is 1. The molecule has 0 aromatic rings. The van der Waals surface area contributed by atoms with Gasteiger partial charge in [-0.2, -0.15) is 0 Å². The first-order valence-electron chi connectivity index (χ1n) is 4.81. The Labute approximate surface area is 74.5 Å². The van der Waals surface area contributed by atoms with Gasteiger partial charge >= 0.3 is 0 Å². The standard InChI is InChI=1S/C9H20N2O/c1-7(3-4-12)9-6-10-8(2)5-11-9/h7-12H,3-6H2,1-2H3. The highest BCUT2D eigenvalue weighted by atomic mass is 16.3. The molecule has 0 bridgehead atoms. The van der Waals surface area contributed by atoms with E-state index in [9.17, 15) is 0 Å². The Hall–Kier alpha value is -0.120. The molecule has 1 fully saturated rings. The first kappa shape index (κ1) is 9.96. The minimum Gasteiger partial charge on any atom is -0.396 e. The fraction of sp³-hybridized carbons (Fsp3) is 1.00. The summed E-state index contributed by atoms with van der Waals surface area (Å²) in [5, 5.41) is 15.7. The van der Waals surface area contributed by atoms with Crippen molar-refractivity contribution in [2.45, 2.75) is 32.4 Å². The molecule has 12 heavy (non-hydrogen) atoms. The summed E-state index contributed by atoms with van der Waals surface area (Å²) in [7, 11) is 0. The lowest BCUT2D eigenvalue weighted by Crippen LogP contribution is -2.55. The van der Waals surface area contributed by atoms with Crippen molar-refractivity contribution in [3.63, 3.8) is 0 Å².